The molecule has 1 aliphatic rings. The Morgan fingerprint density at radius 2 is 1.73 bits per heavy atom. The Morgan fingerprint density at radius 1 is 1.13 bits per heavy atom. The van der Waals surface area contributed by atoms with Gasteiger partial charge in [0.1, 0.15) is 0 Å². The predicted molar refractivity (Wildman–Crippen MR) is 63.9 cm³/mol. The van der Waals surface area contributed by atoms with Crippen LogP contribution in [-0.2, 0) is 4.74 Å². The van der Waals surface area contributed by atoms with Gasteiger partial charge in [-0.3, -0.25) is 4.90 Å². The maximum atomic E-state index is 5.38. The summed E-state index contributed by atoms with van der Waals surface area (Å²) >= 11 is 0. The van der Waals surface area contributed by atoms with Crippen LogP contribution in [0.3, 0.4) is 0 Å². The van der Waals surface area contributed by atoms with Crippen molar-refractivity contribution in [3.05, 3.63) is 0 Å². The molecule has 0 aromatic carbocycles. The van der Waals surface area contributed by atoms with E-state index < -0.39 is 0 Å². The first-order chi connectivity index (χ1) is 7.20. The molecule has 1 heterocycles. The number of likely N-dealkylation sites (N-methyl/N-ethyl adjacent to an activating group) is 1. The summed E-state index contributed by atoms with van der Waals surface area (Å²) in [4.78, 5) is 4.38. The van der Waals surface area contributed by atoms with Crippen LogP contribution >= 0.6 is 0 Å². The molecule has 0 unspecified atom stereocenters. The highest BCUT2D eigenvalue weighted by atomic mass is 16.5. The second kappa shape index (κ2) is 10.3. The molecule has 0 radical (unpaired) electrons. The van der Waals surface area contributed by atoms with Crippen molar-refractivity contribution in [2.45, 2.75) is 0 Å². The lowest BCUT2D eigenvalue weighted by atomic mass is 10.4. The molecule has 0 spiro atoms. The zero-order valence-corrected chi connectivity index (χ0v) is 10.1. The number of ether oxygens (including phenoxy) is 1. The molecule has 0 aliphatic carbocycles. The summed E-state index contributed by atoms with van der Waals surface area (Å²) in [6.07, 6.45) is 0. The van der Waals surface area contributed by atoms with E-state index in [1.807, 2.05) is 14.1 Å². The standard InChI is InChI=1S/C6H14N2O.C4H12N2/c7-1-2-8-3-5-9-6-4-8;1-6(2)4-3-5/h1-7H2;3-5H2,1-2H3. The first-order valence-corrected chi connectivity index (χ1v) is 5.55. The van der Waals surface area contributed by atoms with Gasteiger partial charge in [0.2, 0.25) is 0 Å². The Labute approximate surface area is 93.3 Å². The van der Waals surface area contributed by atoms with Gasteiger partial charge in [-0.15, -0.1) is 0 Å². The highest BCUT2D eigenvalue weighted by molar-refractivity contribution is 4.60. The number of rotatable bonds is 4. The van der Waals surface area contributed by atoms with Crippen LogP contribution < -0.4 is 11.5 Å². The maximum Gasteiger partial charge on any atom is 0.0594 e. The van der Waals surface area contributed by atoms with Crippen molar-refractivity contribution in [1.29, 1.82) is 0 Å². The van der Waals surface area contributed by atoms with E-state index in [0.717, 1.165) is 52.5 Å². The molecule has 0 atom stereocenters. The smallest absolute Gasteiger partial charge is 0.0594 e. The van der Waals surface area contributed by atoms with Crippen molar-refractivity contribution in [2.75, 3.05) is 66.6 Å². The van der Waals surface area contributed by atoms with Crippen LogP contribution in [-0.4, -0.2) is 76.4 Å². The topological polar surface area (TPSA) is 67.8 Å². The first kappa shape index (κ1) is 14.8. The van der Waals surface area contributed by atoms with Gasteiger partial charge in [0.05, 0.1) is 13.2 Å². The molecule has 0 saturated carbocycles. The van der Waals surface area contributed by atoms with Gasteiger partial charge in [0, 0.05) is 39.3 Å². The van der Waals surface area contributed by atoms with Gasteiger partial charge in [0.15, 0.2) is 0 Å². The zero-order valence-electron chi connectivity index (χ0n) is 10.1. The van der Waals surface area contributed by atoms with Crippen molar-refractivity contribution in [1.82, 2.24) is 9.80 Å². The first-order valence-electron chi connectivity index (χ1n) is 5.55. The molecule has 1 rings (SSSR count). The molecular formula is C10H26N4O. The molecule has 92 valence electrons. The van der Waals surface area contributed by atoms with Gasteiger partial charge in [-0.2, -0.15) is 0 Å². The normalized spacial score (nSPS) is 17.4. The summed E-state index contributed by atoms with van der Waals surface area (Å²) in [5, 5.41) is 0. The monoisotopic (exact) mass is 218 g/mol. The number of nitrogens with two attached hydrogens (primary N) is 2. The van der Waals surface area contributed by atoms with Gasteiger partial charge in [0.25, 0.3) is 0 Å². The van der Waals surface area contributed by atoms with E-state index in [-0.39, 0.29) is 0 Å². The van der Waals surface area contributed by atoms with E-state index in [0.29, 0.717) is 0 Å². The fourth-order valence-corrected chi connectivity index (χ4v) is 1.27. The Bertz CT molecular complexity index is 124. The van der Waals surface area contributed by atoms with Crippen molar-refractivity contribution in [3.63, 3.8) is 0 Å². The van der Waals surface area contributed by atoms with Gasteiger partial charge in [-0.05, 0) is 14.1 Å². The predicted octanol–water partition coefficient (Wildman–Crippen LogP) is -1.22. The lowest BCUT2D eigenvalue weighted by Crippen LogP contribution is -2.39. The third-order valence-corrected chi connectivity index (χ3v) is 2.13. The third kappa shape index (κ3) is 10.1. The van der Waals surface area contributed by atoms with Crippen molar-refractivity contribution < 1.29 is 4.74 Å². The van der Waals surface area contributed by atoms with Gasteiger partial charge in [-0.1, -0.05) is 0 Å². The lowest BCUT2D eigenvalue weighted by Gasteiger charge is -2.25. The highest BCUT2D eigenvalue weighted by Crippen LogP contribution is 1.93. The molecule has 4 N–H and O–H groups in total. The molecule has 0 aromatic heterocycles. The molecule has 5 heteroatoms. The molecule has 15 heavy (non-hydrogen) atoms. The minimum Gasteiger partial charge on any atom is -0.379 e. The minimum atomic E-state index is 0.757. The van der Waals surface area contributed by atoms with Crippen molar-refractivity contribution in [3.8, 4) is 0 Å². The summed E-state index contributed by atoms with van der Waals surface area (Å²) < 4.78 is 5.16. The number of morpholine rings is 1. The number of hydrogen-bond donors (Lipinski definition) is 2. The van der Waals surface area contributed by atoms with E-state index in [2.05, 4.69) is 9.80 Å². The average molecular weight is 218 g/mol. The second-order valence-corrected chi connectivity index (χ2v) is 3.83. The van der Waals surface area contributed by atoms with Gasteiger partial charge in [-0.25, -0.2) is 0 Å². The van der Waals surface area contributed by atoms with Crippen molar-refractivity contribution in [2.24, 2.45) is 11.5 Å². The average Bonchev–Trinajstić information content (AvgIpc) is 2.20. The van der Waals surface area contributed by atoms with Gasteiger partial charge < -0.3 is 21.1 Å². The van der Waals surface area contributed by atoms with Crippen LogP contribution in [0.2, 0.25) is 0 Å². The zero-order chi connectivity index (χ0) is 11.5. The van der Waals surface area contributed by atoms with Crippen LogP contribution in [0.5, 0.6) is 0 Å². The molecule has 1 saturated heterocycles. The highest BCUT2D eigenvalue weighted by Gasteiger charge is 2.07. The van der Waals surface area contributed by atoms with Gasteiger partial charge >= 0.3 is 0 Å². The number of hydrogen-bond acceptors (Lipinski definition) is 5. The minimum absolute atomic E-state index is 0.757. The Kier molecular flexibility index (Phi) is 10.2. The fourth-order valence-electron chi connectivity index (χ4n) is 1.27. The van der Waals surface area contributed by atoms with E-state index in [1.54, 1.807) is 0 Å². The summed E-state index contributed by atoms with van der Waals surface area (Å²) in [6.45, 7) is 7.38. The summed E-state index contributed by atoms with van der Waals surface area (Å²) in [5.41, 5.74) is 10.6. The third-order valence-electron chi connectivity index (χ3n) is 2.13. The molecule has 5 nitrogen and oxygen atoms in total. The molecular weight excluding hydrogens is 192 g/mol. The molecule has 0 amide bonds. The number of nitrogens with zero attached hydrogens (tertiary/aromatic N) is 2. The Balaban J connectivity index is 0.000000288. The van der Waals surface area contributed by atoms with Crippen LogP contribution in [0.1, 0.15) is 0 Å². The summed E-state index contributed by atoms with van der Waals surface area (Å²) in [5.74, 6) is 0. The quantitative estimate of drug-likeness (QED) is 0.619. The van der Waals surface area contributed by atoms with Crippen LogP contribution in [0.25, 0.3) is 0 Å². The maximum absolute atomic E-state index is 5.38. The van der Waals surface area contributed by atoms with E-state index in [9.17, 15) is 0 Å². The van der Waals surface area contributed by atoms with Crippen LogP contribution in [0, 0.1) is 0 Å². The summed E-state index contributed by atoms with van der Waals surface area (Å²) in [7, 11) is 4.01. The molecule has 0 aromatic rings. The Morgan fingerprint density at radius 3 is 2.07 bits per heavy atom. The lowest BCUT2D eigenvalue weighted by molar-refractivity contribution is 0.0394. The largest absolute Gasteiger partial charge is 0.379 e. The fraction of sp³-hybridized carbons (Fsp3) is 1.00. The van der Waals surface area contributed by atoms with Crippen LogP contribution in [0.15, 0.2) is 0 Å². The van der Waals surface area contributed by atoms with Crippen LogP contribution in [0.4, 0.5) is 0 Å². The summed E-state index contributed by atoms with van der Waals surface area (Å²) in [6, 6.07) is 0. The van der Waals surface area contributed by atoms with Crippen molar-refractivity contribution >= 4 is 0 Å². The second-order valence-electron chi connectivity index (χ2n) is 3.83. The SMILES string of the molecule is CN(C)CCN.NCCN1CCOCC1. The molecule has 1 aliphatic heterocycles. The van der Waals surface area contributed by atoms with E-state index in [4.69, 9.17) is 16.2 Å². The molecule has 0 bridgehead atoms. The van der Waals surface area contributed by atoms with E-state index >= 15 is 0 Å². The Hall–Kier alpha value is -0.200. The molecule has 1 fully saturated rings. The van der Waals surface area contributed by atoms with E-state index in [1.165, 1.54) is 0 Å².